The van der Waals surface area contributed by atoms with Crippen molar-refractivity contribution in [2.75, 3.05) is 12.3 Å². The number of nitrogens with two attached hydrogens (primary N) is 1. The van der Waals surface area contributed by atoms with E-state index in [1.54, 1.807) is 6.07 Å². The summed E-state index contributed by atoms with van der Waals surface area (Å²) in [4.78, 5) is 11.8. The van der Waals surface area contributed by atoms with E-state index in [2.05, 4.69) is 20.1 Å². The Morgan fingerprint density at radius 3 is 2.93 bits per heavy atom. The third kappa shape index (κ3) is 2.01. The van der Waals surface area contributed by atoms with Crippen LogP contribution < -0.4 is 10.5 Å². The molecule has 0 radical (unpaired) electrons. The Morgan fingerprint density at radius 1 is 1.40 bits per heavy atom. The number of hydrogen-bond acceptors (Lipinski definition) is 6. The van der Waals surface area contributed by atoms with Gasteiger partial charge in [0.05, 0.1) is 6.61 Å². The predicted octanol–water partition coefficient (Wildman–Crippen LogP) is 0.0382. The van der Waals surface area contributed by atoms with Crippen LogP contribution in [0.15, 0.2) is 18.7 Å². The van der Waals surface area contributed by atoms with E-state index in [0.717, 1.165) is 0 Å². The van der Waals surface area contributed by atoms with Gasteiger partial charge in [-0.3, -0.25) is 0 Å². The fourth-order valence-electron chi connectivity index (χ4n) is 1.07. The Balaban J connectivity index is 2.32. The number of anilines is 1. The Bertz CT molecular complexity index is 454. The van der Waals surface area contributed by atoms with Gasteiger partial charge in [0.25, 0.3) is 0 Å². The molecule has 2 aromatic rings. The summed E-state index contributed by atoms with van der Waals surface area (Å²) < 4.78 is 6.69. The van der Waals surface area contributed by atoms with E-state index in [1.807, 2.05) is 6.92 Å². The molecule has 0 amide bonds. The second-order valence-electron chi connectivity index (χ2n) is 2.69. The van der Waals surface area contributed by atoms with E-state index in [9.17, 15) is 0 Å². The van der Waals surface area contributed by atoms with Crippen LogP contribution in [0.1, 0.15) is 6.92 Å². The third-order valence-electron chi connectivity index (χ3n) is 1.66. The first-order chi connectivity index (χ1) is 7.29. The van der Waals surface area contributed by atoms with Gasteiger partial charge in [0, 0.05) is 6.07 Å². The lowest BCUT2D eigenvalue weighted by molar-refractivity contribution is 0.326. The van der Waals surface area contributed by atoms with Crippen LogP contribution in [0.4, 0.5) is 5.95 Å². The number of aromatic nitrogens is 5. The second kappa shape index (κ2) is 3.91. The van der Waals surface area contributed by atoms with Gasteiger partial charge in [0.1, 0.15) is 12.7 Å². The summed E-state index contributed by atoms with van der Waals surface area (Å²) >= 11 is 0. The van der Waals surface area contributed by atoms with Crippen molar-refractivity contribution in [2.24, 2.45) is 0 Å². The SMILES string of the molecule is CCOc1cc(-n2cnc(N)n2)ncn1. The van der Waals surface area contributed by atoms with Gasteiger partial charge in [-0.05, 0) is 6.92 Å². The Kier molecular flexibility index (Phi) is 2.44. The average Bonchev–Trinajstić information content (AvgIpc) is 2.66. The normalized spacial score (nSPS) is 10.2. The molecule has 2 aromatic heterocycles. The van der Waals surface area contributed by atoms with Crippen molar-refractivity contribution in [1.29, 1.82) is 0 Å². The van der Waals surface area contributed by atoms with Crippen LogP contribution in [0.3, 0.4) is 0 Å². The van der Waals surface area contributed by atoms with Gasteiger partial charge in [0.15, 0.2) is 5.82 Å². The molecule has 0 aromatic carbocycles. The molecule has 0 spiro atoms. The van der Waals surface area contributed by atoms with Gasteiger partial charge in [-0.1, -0.05) is 0 Å². The third-order valence-corrected chi connectivity index (χ3v) is 1.66. The minimum atomic E-state index is 0.201. The fourth-order valence-corrected chi connectivity index (χ4v) is 1.07. The molecule has 78 valence electrons. The number of hydrogen-bond donors (Lipinski definition) is 1. The summed E-state index contributed by atoms with van der Waals surface area (Å²) in [6.07, 6.45) is 2.88. The molecule has 0 saturated carbocycles. The van der Waals surface area contributed by atoms with Crippen LogP contribution in [0.2, 0.25) is 0 Å². The van der Waals surface area contributed by atoms with Crippen LogP contribution >= 0.6 is 0 Å². The summed E-state index contributed by atoms with van der Waals surface area (Å²) in [5.41, 5.74) is 5.39. The molecule has 7 heteroatoms. The molecule has 0 bridgehead atoms. The van der Waals surface area contributed by atoms with Crippen molar-refractivity contribution in [3.8, 4) is 11.7 Å². The van der Waals surface area contributed by atoms with E-state index in [-0.39, 0.29) is 5.95 Å². The first-order valence-electron chi connectivity index (χ1n) is 4.42. The van der Waals surface area contributed by atoms with Crippen LogP contribution in [-0.4, -0.2) is 31.3 Å². The molecule has 0 fully saturated rings. The lowest BCUT2D eigenvalue weighted by Gasteiger charge is -2.02. The number of nitrogen functional groups attached to an aromatic ring is 1. The van der Waals surface area contributed by atoms with Crippen molar-refractivity contribution >= 4 is 5.95 Å². The lowest BCUT2D eigenvalue weighted by Crippen LogP contribution is -2.02. The highest BCUT2D eigenvalue weighted by Crippen LogP contribution is 2.09. The zero-order valence-electron chi connectivity index (χ0n) is 8.16. The quantitative estimate of drug-likeness (QED) is 0.762. The number of ether oxygens (including phenoxy) is 1. The minimum Gasteiger partial charge on any atom is -0.478 e. The molecule has 0 aliphatic carbocycles. The average molecular weight is 206 g/mol. The van der Waals surface area contributed by atoms with E-state index in [1.165, 1.54) is 17.3 Å². The van der Waals surface area contributed by atoms with Crippen LogP contribution in [0, 0.1) is 0 Å². The second-order valence-corrected chi connectivity index (χ2v) is 2.69. The van der Waals surface area contributed by atoms with Crippen molar-refractivity contribution < 1.29 is 4.74 Å². The van der Waals surface area contributed by atoms with Crippen LogP contribution in [-0.2, 0) is 0 Å². The summed E-state index contributed by atoms with van der Waals surface area (Å²) in [6, 6.07) is 1.66. The topological polar surface area (TPSA) is 91.7 Å². The molecule has 2 heterocycles. The Labute approximate surface area is 85.9 Å². The first-order valence-corrected chi connectivity index (χ1v) is 4.42. The van der Waals surface area contributed by atoms with Gasteiger partial charge in [-0.15, -0.1) is 5.10 Å². The maximum atomic E-state index is 5.39. The molecule has 0 aliphatic heterocycles. The van der Waals surface area contributed by atoms with Gasteiger partial charge in [-0.25, -0.2) is 19.6 Å². The van der Waals surface area contributed by atoms with E-state index < -0.39 is 0 Å². The highest BCUT2D eigenvalue weighted by atomic mass is 16.5. The Morgan fingerprint density at radius 2 is 2.27 bits per heavy atom. The van der Waals surface area contributed by atoms with Crippen LogP contribution in [0.5, 0.6) is 5.88 Å². The molecule has 7 nitrogen and oxygen atoms in total. The molecular weight excluding hydrogens is 196 g/mol. The molecule has 0 atom stereocenters. The molecule has 15 heavy (non-hydrogen) atoms. The molecular formula is C8H10N6O. The molecule has 2 N–H and O–H groups in total. The molecule has 2 rings (SSSR count). The van der Waals surface area contributed by atoms with E-state index in [0.29, 0.717) is 18.3 Å². The summed E-state index contributed by atoms with van der Waals surface area (Å²) in [6.45, 7) is 2.44. The number of rotatable bonds is 3. The predicted molar refractivity (Wildman–Crippen MR) is 52.5 cm³/mol. The van der Waals surface area contributed by atoms with Crippen molar-refractivity contribution in [1.82, 2.24) is 24.7 Å². The molecule has 0 aliphatic rings. The lowest BCUT2D eigenvalue weighted by atomic mass is 10.5. The van der Waals surface area contributed by atoms with E-state index in [4.69, 9.17) is 10.5 Å². The molecule has 0 saturated heterocycles. The maximum absolute atomic E-state index is 5.39. The zero-order valence-corrected chi connectivity index (χ0v) is 8.16. The smallest absolute Gasteiger partial charge is 0.239 e. The van der Waals surface area contributed by atoms with Crippen molar-refractivity contribution in [2.45, 2.75) is 6.92 Å². The van der Waals surface area contributed by atoms with Crippen LogP contribution in [0.25, 0.3) is 5.82 Å². The standard InChI is InChI=1S/C8H10N6O/c1-2-15-7-3-6(10-4-11-7)14-5-12-8(9)13-14/h3-5H,2H2,1H3,(H2,9,13). The van der Waals surface area contributed by atoms with E-state index >= 15 is 0 Å². The summed E-state index contributed by atoms with van der Waals surface area (Å²) in [5, 5.41) is 3.92. The highest BCUT2D eigenvalue weighted by Gasteiger charge is 2.03. The fraction of sp³-hybridized carbons (Fsp3) is 0.250. The van der Waals surface area contributed by atoms with Crippen molar-refractivity contribution in [3.63, 3.8) is 0 Å². The maximum Gasteiger partial charge on any atom is 0.239 e. The number of nitrogens with zero attached hydrogens (tertiary/aromatic N) is 5. The Hall–Kier alpha value is -2.18. The summed E-state index contributed by atoms with van der Waals surface area (Å²) in [5.74, 6) is 1.26. The first kappa shape index (κ1) is 9.38. The van der Waals surface area contributed by atoms with Gasteiger partial charge in [-0.2, -0.15) is 0 Å². The van der Waals surface area contributed by atoms with Gasteiger partial charge < -0.3 is 10.5 Å². The zero-order chi connectivity index (χ0) is 10.7. The highest BCUT2D eigenvalue weighted by molar-refractivity contribution is 5.26. The van der Waals surface area contributed by atoms with Crippen molar-refractivity contribution in [3.05, 3.63) is 18.7 Å². The summed E-state index contributed by atoms with van der Waals surface area (Å²) in [7, 11) is 0. The van der Waals surface area contributed by atoms with Gasteiger partial charge in [0.2, 0.25) is 11.8 Å². The molecule has 0 unspecified atom stereocenters. The largest absolute Gasteiger partial charge is 0.478 e. The van der Waals surface area contributed by atoms with Gasteiger partial charge >= 0.3 is 0 Å². The minimum absolute atomic E-state index is 0.201. The monoisotopic (exact) mass is 206 g/mol.